The molecule has 3 aliphatic rings. The molecule has 0 saturated carbocycles. The van der Waals surface area contributed by atoms with Crippen LogP contribution in [0.1, 0.15) is 23.5 Å². The fourth-order valence-electron chi connectivity index (χ4n) is 4.89. The molecule has 0 spiro atoms. The third-order valence-electron chi connectivity index (χ3n) is 6.69. The molecule has 1 saturated heterocycles. The van der Waals surface area contributed by atoms with Crippen molar-refractivity contribution in [2.75, 3.05) is 33.0 Å². The minimum absolute atomic E-state index is 0.0499. The van der Waals surface area contributed by atoms with Crippen LogP contribution in [0.5, 0.6) is 11.5 Å². The largest absolute Gasteiger partial charge is 0.460 e. The van der Waals surface area contributed by atoms with Gasteiger partial charge in [0.25, 0.3) is 5.91 Å². The number of ether oxygens (including phenoxy) is 3. The number of carbonyl (C=O) groups is 1. The van der Waals surface area contributed by atoms with Crippen molar-refractivity contribution in [1.82, 2.24) is 9.80 Å². The molecular weight excluding hydrogens is 452 g/mol. The molecule has 4 heterocycles. The van der Waals surface area contributed by atoms with E-state index in [9.17, 15) is 9.90 Å². The number of hydrogen-bond acceptors (Lipinski definition) is 7. The van der Waals surface area contributed by atoms with Gasteiger partial charge in [-0.3, -0.25) is 9.69 Å². The summed E-state index contributed by atoms with van der Waals surface area (Å²) in [7, 11) is 0. The van der Waals surface area contributed by atoms with Crippen LogP contribution in [-0.4, -0.2) is 60.1 Å². The zero-order chi connectivity index (χ0) is 23.1. The molecule has 1 N–H and O–H groups in total. The van der Waals surface area contributed by atoms with Gasteiger partial charge in [0.2, 0.25) is 6.79 Å². The monoisotopic (exact) mass is 478 g/mol. The van der Waals surface area contributed by atoms with Gasteiger partial charge in [-0.1, -0.05) is 24.3 Å². The quantitative estimate of drug-likeness (QED) is 0.617. The molecule has 0 unspecified atom stereocenters. The smallest absolute Gasteiger partial charge is 0.288 e. The first-order valence-corrected chi connectivity index (χ1v) is 12.4. The Morgan fingerprint density at radius 1 is 1.06 bits per heavy atom. The van der Waals surface area contributed by atoms with Crippen LogP contribution < -0.4 is 9.47 Å². The molecule has 3 aliphatic heterocycles. The molecule has 2 aromatic carbocycles. The first-order valence-electron chi connectivity index (χ1n) is 11.6. The van der Waals surface area contributed by atoms with E-state index in [-0.39, 0.29) is 24.4 Å². The summed E-state index contributed by atoms with van der Waals surface area (Å²) in [6, 6.07) is 14.3. The van der Waals surface area contributed by atoms with Gasteiger partial charge in [-0.15, -0.1) is 11.3 Å². The Bertz CT molecular complexity index is 1250. The van der Waals surface area contributed by atoms with Crippen LogP contribution in [0.25, 0.3) is 10.1 Å². The summed E-state index contributed by atoms with van der Waals surface area (Å²) in [6.07, 6.45) is 1.35. The molecule has 7 nitrogen and oxygen atoms in total. The van der Waals surface area contributed by atoms with E-state index in [0.717, 1.165) is 42.3 Å². The lowest BCUT2D eigenvalue weighted by atomic mass is 9.92. The van der Waals surface area contributed by atoms with Crippen LogP contribution in [0.3, 0.4) is 0 Å². The molecule has 1 fully saturated rings. The maximum absolute atomic E-state index is 13.2. The van der Waals surface area contributed by atoms with Crippen molar-refractivity contribution in [1.29, 1.82) is 0 Å². The second-order valence-electron chi connectivity index (χ2n) is 8.89. The Kier molecular flexibility index (Phi) is 5.64. The van der Waals surface area contributed by atoms with Crippen molar-refractivity contribution in [2.45, 2.75) is 25.2 Å². The summed E-state index contributed by atoms with van der Waals surface area (Å²) in [4.78, 5) is 17.4. The van der Waals surface area contributed by atoms with E-state index in [1.165, 1.54) is 10.1 Å². The number of aliphatic hydroxyl groups excluding tert-OH is 1. The van der Waals surface area contributed by atoms with Crippen LogP contribution in [0.4, 0.5) is 0 Å². The molecule has 176 valence electrons. The number of fused-ring (bicyclic) bond motifs is 2. The van der Waals surface area contributed by atoms with E-state index in [1.807, 2.05) is 35.2 Å². The average molecular weight is 479 g/mol. The lowest BCUT2D eigenvalue weighted by molar-refractivity contribution is -0.142. The summed E-state index contributed by atoms with van der Waals surface area (Å²) in [5.41, 5.74) is 2.30. The molecule has 1 aromatic heterocycles. The van der Waals surface area contributed by atoms with E-state index >= 15 is 0 Å². The van der Waals surface area contributed by atoms with Crippen molar-refractivity contribution in [3.63, 3.8) is 0 Å². The van der Waals surface area contributed by atoms with Crippen molar-refractivity contribution >= 4 is 27.3 Å². The van der Waals surface area contributed by atoms with Gasteiger partial charge < -0.3 is 24.2 Å². The second kappa shape index (κ2) is 8.94. The topological polar surface area (TPSA) is 71.5 Å². The van der Waals surface area contributed by atoms with Crippen molar-refractivity contribution in [3.05, 3.63) is 70.8 Å². The summed E-state index contributed by atoms with van der Waals surface area (Å²) in [5, 5.41) is 13.7. The molecule has 0 bridgehead atoms. The number of carbonyl (C=O) groups excluding carboxylic acids is 1. The van der Waals surface area contributed by atoms with Crippen LogP contribution in [0, 0.1) is 0 Å². The predicted octanol–water partition coefficient (Wildman–Crippen LogP) is 3.68. The van der Waals surface area contributed by atoms with E-state index < -0.39 is 6.29 Å². The van der Waals surface area contributed by atoms with Gasteiger partial charge in [-0.25, -0.2) is 0 Å². The van der Waals surface area contributed by atoms with Crippen molar-refractivity contribution in [2.24, 2.45) is 0 Å². The third kappa shape index (κ3) is 4.13. The number of thiophene rings is 1. The normalized spacial score (nSPS) is 22.5. The Morgan fingerprint density at radius 2 is 1.88 bits per heavy atom. The SMILES string of the molecule is O=C(C1=C[C@@H](c2csc3ccccc23)C[C@@H](O)O1)N1CCN(Cc2ccc3c(c2)OCO3)CC1. The van der Waals surface area contributed by atoms with Gasteiger partial charge in [0.05, 0.1) is 0 Å². The maximum atomic E-state index is 13.2. The van der Waals surface area contributed by atoms with E-state index in [2.05, 4.69) is 28.5 Å². The molecule has 34 heavy (non-hydrogen) atoms. The van der Waals surface area contributed by atoms with E-state index in [1.54, 1.807) is 11.3 Å². The van der Waals surface area contributed by atoms with E-state index in [4.69, 9.17) is 14.2 Å². The Labute approximate surface area is 201 Å². The fourth-order valence-corrected chi connectivity index (χ4v) is 5.91. The number of hydrogen-bond donors (Lipinski definition) is 1. The van der Waals surface area contributed by atoms with Crippen molar-refractivity contribution < 1.29 is 24.1 Å². The molecular formula is C26H26N2O5S. The summed E-state index contributed by atoms with van der Waals surface area (Å²) in [5.74, 6) is 1.63. The van der Waals surface area contributed by atoms with Crippen LogP contribution >= 0.6 is 11.3 Å². The van der Waals surface area contributed by atoms with Gasteiger partial charge in [0.1, 0.15) is 0 Å². The second-order valence-corrected chi connectivity index (χ2v) is 9.80. The van der Waals surface area contributed by atoms with Gasteiger partial charge in [0, 0.05) is 49.8 Å². The number of allylic oxidation sites excluding steroid dienone is 1. The molecule has 3 aromatic rings. The van der Waals surface area contributed by atoms with Gasteiger partial charge >= 0.3 is 0 Å². The lowest BCUT2D eigenvalue weighted by Gasteiger charge is -2.36. The number of piperazine rings is 1. The Hall–Kier alpha value is -3.07. The maximum Gasteiger partial charge on any atom is 0.288 e. The zero-order valence-electron chi connectivity index (χ0n) is 18.7. The Balaban J connectivity index is 1.12. The van der Waals surface area contributed by atoms with Crippen LogP contribution in [0.15, 0.2) is 59.7 Å². The van der Waals surface area contributed by atoms with Crippen LogP contribution in [0.2, 0.25) is 0 Å². The van der Waals surface area contributed by atoms with Crippen LogP contribution in [-0.2, 0) is 16.1 Å². The van der Waals surface area contributed by atoms with Gasteiger partial charge in [-0.2, -0.15) is 0 Å². The molecule has 0 radical (unpaired) electrons. The third-order valence-corrected chi connectivity index (χ3v) is 7.68. The minimum atomic E-state index is -0.986. The van der Waals surface area contributed by atoms with Crippen molar-refractivity contribution in [3.8, 4) is 11.5 Å². The highest BCUT2D eigenvalue weighted by atomic mass is 32.1. The van der Waals surface area contributed by atoms with Gasteiger partial charge in [0.15, 0.2) is 23.5 Å². The predicted molar refractivity (Wildman–Crippen MR) is 129 cm³/mol. The van der Waals surface area contributed by atoms with E-state index in [0.29, 0.717) is 19.5 Å². The first kappa shape index (κ1) is 21.5. The highest BCUT2D eigenvalue weighted by Crippen LogP contribution is 2.38. The summed E-state index contributed by atoms with van der Waals surface area (Å²) in [6.45, 7) is 3.85. The number of aliphatic hydroxyl groups is 1. The average Bonchev–Trinajstić information content (AvgIpc) is 3.50. The highest BCUT2D eigenvalue weighted by Gasteiger charge is 2.32. The molecule has 6 rings (SSSR count). The number of rotatable bonds is 4. The lowest BCUT2D eigenvalue weighted by Crippen LogP contribution is -2.49. The van der Waals surface area contributed by atoms with Gasteiger partial charge in [-0.05, 0) is 46.2 Å². The molecule has 2 atom stereocenters. The molecule has 0 aliphatic carbocycles. The summed E-state index contributed by atoms with van der Waals surface area (Å²) < 4.78 is 17.7. The number of amides is 1. The summed E-state index contributed by atoms with van der Waals surface area (Å²) >= 11 is 1.69. The Morgan fingerprint density at radius 3 is 2.76 bits per heavy atom. The zero-order valence-corrected chi connectivity index (χ0v) is 19.5. The molecule has 1 amide bonds. The minimum Gasteiger partial charge on any atom is -0.460 e. The highest BCUT2D eigenvalue weighted by molar-refractivity contribution is 7.17. The standard InChI is InChI=1S/C26H26N2O5S/c29-25-13-18(20-15-34-24-4-2-1-3-19(20)24)12-23(33-25)26(30)28-9-7-27(8-10-28)14-17-5-6-21-22(11-17)32-16-31-21/h1-6,11-12,15,18,25,29H,7-10,13-14,16H2/t18-,25+/m1/s1. The fraction of sp³-hybridized carbons (Fsp3) is 0.346. The number of nitrogens with zero attached hydrogens (tertiary/aromatic N) is 2. The first-order chi connectivity index (χ1) is 16.6. The number of benzene rings is 2. The molecule has 8 heteroatoms.